The first-order valence-electron chi connectivity index (χ1n) is 8.96. The van der Waals surface area contributed by atoms with E-state index in [1.807, 2.05) is 30.3 Å². The summed E-state index contributed by atoms with van der Waals surface area (Å²) >= 11 is 0. The van der Waals surface area contributed by atoms with E-state index in [2.05, 4.69) is 14.8 Å². The van der Waals surface area contributed by atoms with Gasteiger partial charge in [-0.2, -0.15) is 21.6 Å². The summed E-state index contributed by atoms with van der Waals surface area (Å²) in [6.45, 7) is 0. The highest BCUT2D eigenvalue weighted by Gasteiger charge is 2.50. The first kappa shape index (κ1) is 17.4. The molecule has 5 nitrogen and oxygen atoms in total. The van der Waals surface area contributed by atoms with Crippen LogP contribution in [0.3, 0.4) is 0 Å². The molecule has 0 atom stereocenters. The predicted molar refractivity (Wildman–Crippen MR) is 109 cm³/mol. The Labute approximate surface area is 168 Å². The fourth-order valence-electron chi connectivity index (χ4n) is 3.93. The number of halogens is 3. The Morgan fingerprint density at radius 2 is 1.40 bits per heavy atom. The number of rotatable bonds is 3. The Hall–Kier alpha value is -3.46. The monoisotopic (exact) mass is 428 g/mol. The topological polar surface area (TPSA) is 87.2 Å². The summed E-state index contributed by atoms with van der Waals surface area (Å²) in [5.41, 5.74) is -1.04. The van der Waals surface area contributed by atoms with Gasteiger partial charge in [0.15, 0.2) is 5.75 Å². The number of benzene rings is 4. The number of nitrogens with one attached hydrogen (secondary N) is 2. The standard InChI is InChI=1S/C21H11F3N2O3S/c22-21(23,24)30(27,28)29-20-13-8-4-3-7-12(13)16(18-19(20)26-18)15-11-6-2-1-5-10(11)9-14-17(15)25-14/h1-9,25-26H. The molecule has 9 heteroatoms. The van der Waals surface area contributed by atoms with Crippen LogP contribution in [0.15, 0.2) is 54.6 Å². The van der Waals surface area contributed by atoms with Crippen LogP contribution in [0, 0.1) is 0 Å². The third-order valence-corrected chi connectivity index (χ3v) is 6.28. The normalized spacial score (nSPS) is 14.0. The molecule has 2 aliphatic rings. The number of hydrogen-bond acceptors (Lipinski definition) is 5. The van der Waals surface area contributed by atoms with E-state index in [4.69, 9.17) is 0 Å². The van der Waals surface area contributed by atoms with Crippen LogP contribution in [-0.4, -0.2) is 13.9 Å². The van der Waals surface area contributed by atoms with E-state index >= 15 is 0 Å². The van der Waals surface area contributed by atoms with Crippen molar-refractivity contribution in [2.24, 2.45) is 0 Å². The van der Waals surface area contributed by atoms with Gasteiger partial charge >= 0.3 is 15.6 Å². The molecule has 2 N–H and O–H groups in total. The van der Waals surface area contributed by atoms with Crippen LogP contribution < -0.4 is 14.8 Å². The third kappa shape index (κ3) is 2.32. The van der Waals surface area contributed by atoms with Crippen molar-refractivity contribution in [2.45, 2.75) is 5.51 Å². The van der Waals surface area contributed by atoms with Crippen molar-refractivity contribution in [1.29, 1.82) is 0 Å². The van der Waals surface area contributed by atoms with Gasteiger partial charge in [-0.05, 0) is 22.2 Å². The zero-order chi connectivity index (χ0) is 20.8. The fraction of sp³-hybridized carbons (Fsp3) is 0.0476. The molecule has 4 aromatic carbocycles. The van der Waals surface area contributed by atoms with Crippen LogP contribution in [0.2, 0.25) is 0 Å². The highest BCUT2D eigenvalue weighted by atomic mass is 32.2. The fourth-order valence-corrected chi connectivity index (χ4v) is 4.42. The smallest absolute Gasteiger partial charge is 0.373 e. The second-order valence-corrected chi connectivity index (χ2v) is 8.67. The van der Waals surface area contributed by atoms with E-state index in [0.717, 1.165) is 33.3 Å². The Morgan fingerprint density at radius 1 is 0.767 bits per heavy atom. The minimum absolute atomic E-state index is 0.249. The molecule has 0 amide bonds. The zero-order valence-corrected chi connectivity index (χ0v) is 15.8. The van der Waals surface area contributed by atoms with Crippen LogP contribution in [0.5, 0.6) is 5.75 Å². The van der Waals surface area contributed by atoms with Crippen LogP contribution in [-0.2, 0) is 10.1 Å². The molecule has 30 heavy (non-hydrogen) atoms. The molecule has 150 valence electrons. The van der Waals surface area contributed by atoms with Crippen molar-refractivity contribution in [3.63, 3.8) is 0 Å². The van der Waals surface area contributed by atoms with Gasteiger partial charge in [-0.3, -0.25) is 0 Å². The lowest BCUT2D eigenvalue weighted by atomic mass is 9.93. The highest BCUT2D eigenvalue weighted by Crippen LogP contribution is 2.62. The summed E-state index contributed by atoms with van der Waals surface area (Å²) in [7, 11) is -5.79. The van der Waals surface area contributed by atoms with Crippen molar-refractivity contribution < 1.29 is 25.8 Å². The molecule has 0 saturated heterocycles. The first-order valence-corrected chi connectivity index (χ1v) is 10.4. The van der Waals surface area contributed by atoms with E-state index in [0.29, 0.717) is 11.1 Å². The van der Waals surface area contributed by atoms with Gasteiger partial charge in [-0.1, -0.05) is 48.5 Å². The van der Waals surface area contributed by atoms with E-state index in [-0.39, 0.29) is 16.8 Å². The highest BCUT2D eigenvalue weighted by molar-refractivity contribution is 7.88. The second-order valence-electron chi connectivity index (χ2n) is 7.13. The van der Waals surface area contributed by atoms with Gasteiger partial charge in [0.1, 0.15) is 5.69 Å². The predicted octanol–water partition coefficient (Wildman–Crippen LogP) is 6.00. The lowest BCUT2D eigenvalue weighted by Gasteiger charge is -2.13. The molecule has 0 bridgehead atoms. The SMILES string of the molecule is O=S(=O)(Oc1c2c(c(-c3c4c(cc5ccccc35)N4)c3ccccc13)N2)C(F)(F)F. The van der Waals surface area contributed by atoms with Crippen molar-refractivity contribution in [3.8, 4) is 16.9 Å². The van der Waals surface area contributed by atoms with E-state index in [9.17, 15) is 21.6 Å². The van der Waals surface area contributed by atoms with Gasteiger partial charge in [0.25, 0.3) is 0 Å². The van der Waals surface area contributed by atoms with E-state index < -0.39 is 15.6 Å². The molecule has 6 rings (SSSR count). The molecule has 0 saturated carbocycles. The van der Waals surface area contributed by atoms with E-state index in [1.54, 1.807) is 24.3 Å². The van der Waals surface area contributed by atoms with Gasteiger partial charge in [0.2, 0.25) is 0 Å². The lowest BCUT2D eigenvalue weighted by Crippen LogP contribution is -2.28. The summed E-state index contributed by atoms with van der Waals surface area (Å²) < 4.78 is 66.6. The van der Waals surface area contributed by atoms with Crippen LogP contribution in [0.4, 0.5) is 35.9 Å². The Morgan fingerprint density at radius 3 is 2.13 bits per heavy atom. The summed E-state index contributed by atoms with van der Waals surface area (Å²) in [4.78, 5) is 0. The third-order valence-electron chi connectivity index (χ3n) is 5.33. The van der Waals surface area contributed by atoms with Crippen molar-refractivity contribution in [2.75, 3.05) is 10.6 Å². The summed E-state index contributed by atoms with van der Waals surface area (Å²) in [6.07, 6.45) is 0. The Balaban J connectivity index is 1.65. The second kappa shape index (κ2) is 5.37. The van der Waals surface area contributed by atoms with Crippen LogP contribution in [0.25, 0.3) is 32.7 Å². The average Bonchev–Trinajstić information content (AvgIpc) is 3.60. The van der Waals surface area contributed by atoms with Gasteiger partial charge in [0, 0.05) is 16.5 Å². The molecule has 2 heterocycles. The van der Waals surface area contributed by atoms with Gasteiger partial charge in [-0.15, -0.1) is 0 Å². The minimum atomic E-state index is -5.79. The number of hydrogen-bond donors (Lipinski definition) is 2. The van der Waals surface area contributed by atoms with E-state index in [1.165, 1.54) is 0 Å². The molecule has 0 aliphatic carbocycles. The van der Waals surface area contributed by atoms with Gasteiger partial charge in [0.05, 0.1) is 17.1 Å². The molecule has 0 unspecified atom stereocenters. The number of anilines is 4. The van der Waals surface area contributed by atoms with Crippen molar-refractivity contribution >= 4 is 54.4 Å². The molecule has 0 fully saturated rings. The maximum Gasteiger partial charge on any atom is 0.534 e. The number of fused-ring (bicyclic) bond motifs is 4. The first-order chi connectivity index (χ1) is 14.3. The van der Waals surface area contributed by atoms with Gasteiger partial charge < -0.3 is 14.8 Å². The molecule has 4 aromatic rings. The van der Waals surface area contributed by atoms with Crippen molar-refractivity contribution in [3.05, 3.63) is 54.6 Å². The van der Waals surface area contributed by atoms with Gasteiger partial charge in [-0.25, -0.2) is 0 Å². The average molecular weight is 428 g/mol. The molecule has 0 aromatic heterocycles. The zero-order valence-electron chi connectivity index (χ0n) is 15.0. The summed E-state index contributed by atoms with van der Waals surface area (Å²) in [6, 6.07) is 16.5. The maximum absolute atomic E-state index is 12.9. The minimum Gasteiger partial charge on any atom is -0.373 e. The van der Waals surface area contributed by atoms with Crippen molar-refractivity contribution in [1.82, 2.24) is 0 Å². The summed E-state index contributed by atoms with van der Waals surface area (Å²) in [5, 5.41) is 9.08. The van der Waals surface area contributed by atoms with Crippen LogP contribution >= 0.6 is 0 Å². The maximum atomic E-state index is 12.9. The number of alkyl halides is 3. The molecule has 0 radical (unpaired) electrons. The molecular weight excluding hydrogens is 417 g/mol. The molecule has 0 spiro atoms. The van der Waals surface area contributed by atoms with Crippen LogP contribution in [0.1, 0.15) is 0 Å². The lowest BCUT2D eigenvalue weighted by molar-refractivity contribution is -0.0499. The Kier molecular flexibility index (Phi) is 3.11. The molecule has 2 aliphatic heterocycles. The largest absolute Gasteiger partial charge is 0.534 e. The summed E-state index contributed by atoms with van der Waals surface area (Å²) in [5.74, 6) is -0.337. The quantitative estimate of drug-likeness (QED) is 0.205. The molecular formula is C21H11F3N2O3S. The Bertz CT molecular complexity index is 1530.